The molecule has 1 aliphatic carbocycles. The molecule has 1 fully saturated rings. The monoisotopic (exact) mass is 570 g/mol. The fraction of sp³-hybridized carbons (Fsp3) is 0.250. The molecule has 210 valence electrons. The standard InChI is InChI=1S/C32H31ClN4O4/c1-20-17-35-32(33)36-29(20)23-10-12-25(13-11-23)37(31(41)27-15-14-26(38)16-28(27)39)19-22-8-6-21(7-9-22)18-34-30(40)24-4-2-3-5-24/h6-17,24,38-39H,2-5,18-19H2,1H3,(H,34,40). The molecule has 1 aliphatic rings. The van der Waals surface area contributed by atoms with Gasteiger partial charge in [0.15, 0.2) is 0 Å². The van der Waals surface area contributed by atoms with Crippen molar-refractivity contribution in [1.29, 1.82) is 0 Å². The van der Waals surface area contributed by atoms with Gasteiger partial charge in [0.2, 0.25) is 11.2 Å². The first kappa shape index (κ1) is 28.1. The summed E-state index contributed by atoms with van der Waals surface area (Å²) >= 11 is 6.01. The zero-order chi connectivity index (χ0) is 28.9. The number of rotatable bonds is 8. The number of halogens is 1. The van der Waals surface area contributed by atoms with E-state index in [0.29, 0.717) is 17.9 Å². The van der Waals surface area contributed by atoms with E-state index in [9.17, 15) is 19.8 Å². The maximum absolute atomic E-state index is 13.7. The van der Waals surface area contributed by atoms with Crippen LogP contribution in [0.1, 0.15) is 52.7 Å². The lowest BCUT2D eigenvalue weighted by molar-refractivity contribution is -0.124. The summed E-state index contributed by atoms with van der Waals surface area (Å²) in [7, 11) is 0. The lowest BCUT2D eigenvalue weighted by Gasteiger charge is -2.24. The zero-order valence-corrected chi connectivity index (χ0v) is 23.4. The molecular formula is C32H31ClN4O4. The van der Waals surface area contributed by atoms with Crippen molar-refractivity contribution < 1.29 is 19.8 Å². The van der Waals surface area contributed by atoms with E-state index in [1.165, 1.54) is 12.1 Å². The minimum absolute atomic E-state index is 0.0662. The van der Waals surface area contributed by atoms with E-state index >= 15 is 0 Å². The van der Waals surface area contributed by atoms with E-state index in [1.807, 2.05) is 55.5 Å². The van der Waals surface area contributed by atoms with Gasteiger partial charge in [-0.3, -0.25) is 9.59 Å². The Morgan fingerprint density at radius 3 is 2.34 bits per heavy atom. The molecule has 41 heavy (non-hydrogen) atoms. The fourth-order valence-electron chi connectivity index (χ4n) is 5.11. The van der Waals surface area contributed by atoms with Crippen LogP contribution in [0.3, 0.4) is 0 Å². The molecule has 0 bridgehead atoms. The van der Waals surface area contributed by atoms with Crippen LogP contribution in [0.5, 0.6) is 11.5 Å². The van der Waals surface area contributed by atoms with Crippen molar-refractivity contribution in [2.45, 2.75) is 45.7 Å². The van der Waals surface area contributed by atoms with E-state index in [-0.39, 0.29) is 40.7 Å². The van der Waals surface area contributed by atoms with Gasteiger partial charge in [0, 0.05) is 36.0 Å². The van der Waals surface area contributed by atoms with Crippen LogP contribution in [0.2, 0.25) is 5.28 Å². The molecule has 9 heteroatoms. The lowest BCUT2D eigenvalue weighted by atomic mass is 10.1. The average molecular weight is 571 g/mol. The topological polar surface area (TPSA) is 116 Å². The summed E-state index contributed by atoms with van der Waals surface area (Å²) in [6, 6.07) is 19.0. The molecule has 5 rings (SSSR count). The first-order chi connectivity index (χ1) is 19.8. The van der Waals surface area contributed by atoms with Crippen LogP contribution in [-0.4, -0.2) is 32.0 Å². The van der Waals surface area contributed by atoms with Crippen LogP contribution in [0.25, 0.3) is 11.3 Å². The van der Waals surface area contributed by atoms with Crippen LogP contribution < -0.4 is 10.2 Å². The number of benzene rings is 3. The first-order valence-corrected chi connectivity index (χ1v) is 14.0. The molecule has 0 spiro atoms. The van der Waals surface area contributed by atoms with Gasteiger partial charge in [0.25, 0.3) is 5.91 Å². The van der Waals surface area contributed by atoms with Crippen LogP contribution in [0.4, 0.5) is 5.69 Å². The molecule has 0 unspecified atom stereocenters. The highest BCUT2D eigenvalue weighted by atomic mass is 35.5. The molecular weight excluding hydrogens is 540 g/mol. The number of phenolic OH excluding ortho intramolecular Hbond substituents is 2. The molecule has 0 saturated heterocycles. The number of carbonyl (C=O) groups excluding carboxylic acids is 2. The number of hydrogen-bond acceptors (Lipinski definition) is 6. The summed E-state index contributed by atoms with van der Waals surface area (Å²) in [5.74, 6) is -0.642. The Morgan fingerprint density at radius 1 is 0.976 bits per heavy atom. The number of aromatic nitrogens is 2. The predicted octanol–water partition coefficient (Wildman–Crippen LogP) is 6.17. The number of nitrogens with zero attached hydrogens (tertiary/aromatic N) is 3. The lowest BCUT2D eigenvalue weighted by Crippen LogP contribution is -2.30. The number of amides is 2. The van der Waals surface area contributed by atoms with E-state index in [1.54, 1.807) is 11.1 Å². The van der Waals surface area contributed by atoms with Crippen molar-refractivity contribution in [3.63, 3.8) is 0 Å². The van der Waals surface area contributed by atoms with Gasteiger partial charge in [-0.2, -0.15) is 0 Å². The predicted molar refractivity (Wildman–Crippen MR) is 158 cm³/mol. The molecule has 4 aromatic rings. The van der Waals surface area contributed by atoms with Gasteiger partial charge in [-0.25, -0.2) is 9.97 Å². The van der Waals surface area contributed by atoms with Gasteiger partial charge in [-0.15, -0.1) is 0 Å². The molecule has 0 radical (unpaired) electrons. The number of phenols is 2. The van der Waals surface area contributed by atoms with Gasteiger partial charge in [0.1, 0.15) is 11.5 Å². The highest BCUT2D eigenvalue weighted by molar-refractivity contribution is 6.28. The van der Waals surface area contributed by atoms with Gasteiger partial charge in [-0.05, 0) is 72.3 Å². The maximum Gasteiger partial charge on any atom is 0.262 e. The third-order valence-electron chi connectivity index (χ3n) is 7.41. The molecule has 1 heterocycles. The Labute approximate surface area is 243 Å². The summed E-state index contributed by atoms with van der Waals surface area (Å²) in [5, 5.41) is 23.3. The van der Waals surface area contributed by atoms with Crippen molar-refractivity contribution in [1.82, 2.24) is 15.3 Å². The molecule has 3 aromatic carbocycles. The molecule has 3 N–H and O–H groups in total. The van der Waals surface area contributed by atoms with Gasteiger partial charge in [-0.1, -0.05) is 49.2 Å². The maximum atomic E-state index is 13.7. The first-order valence-electron chi connectivity index (χ1n) is 13.6. The average Bonchev–Trinajstić information content (AvgIpc) is 3.52. The second-order valence-corrected chi connectivity index (χ2v) is 10.7. The Hall–Kier alpha value is -4.43. The number of hydrogen-bond donors (Lipinski definition) is 3. The highest BCUT2D eigenvalue weighted by Gasteiger charge is 2.23. The van der Waals surface area contributed by atoms with Gasteiger partial charge < -0.3 is 20.4 Å². The van der Waals surface area contributed by atoms with Crippen molar-refractivity contribution >= 4 is 29.1 Å². The number of anilines is 1. The smallest absolute Gasteiger partial charge is 0.262 e. The third-order valence-corrected chi connectivity index (χ3v) is 7.59. The molecule has 0 aliphatic heterocycles. The number of aromatic hydroxyl groups is 2. The fourth-order valence-corrected chi connectivity index (χ4v) is 5.24. The van der Waals surface area contributed by atoms with Crippen LogP contribution in [0, 0.1) is 12.8 Å². The Morgan fingerprint density at radius 2 is 1.66 bits per heavy atom. The Balaban J connectivity index is 1.38. The van der Waals surface area contributed by atoms with Gasteiger partial charge >= 0.3 is 0 Å². The number of aryl methyl sites for hydroxylation is 1. The van der Waals surface area contributed by atoms with Crippen LogP contribution in [-0.2, 0) is 17.9 Å². The minimum Gasteiger partial charge on any atom is -0.508 e. The highest BCUT2D eigenvalue weighted by Crippen LogP contribution is 2.30. The molecule has 2 amide bonds. The van der Waals surface area contributed by atoms with E-state index < -0.39 is 5.91 Å². The largest absolute Gasteiger partial charge is 0.508 e. The van der Waals surface area contributed by atoms with Gasteiger partial charge in [0.05, 0.1) is 17.8 Å². The molecule has 1 aromatic heterocycles. The van der Waals surface area contributed by atoms with Crippen LogP contribution >= 0.6 is 11.6 Å². The molecule has 1 saturated carbocycles. The van der Waals surface area contributed by atoms with E-state index in [0.717, 1.165) is 54.0 Å². The van der Waals surface area contributed by atoms with Crippen LogP contribution in [0.15, 0.2) is 72.9 Å². The summed E-state index contributed by atoms with van der Waals surface area (Å²) in [6.07, 6.45) is 5.80. The second-order valence-electron chi connectivity index (χ2n) is 10.3. The second kappa shape index (κ2) is 12.4. The number of carbonyl (C=O) groups is 2. The third kappa shape index (κ3) is 6.66. The van der Waals surface area contributed by atoms with E-state index in [4.69, 9.17) is 11.6 Å². The summed E-state index contributed by atoms with van der Waals surface area (Å²) < 4.78 is 0. The Bertz CT molecular complexity index is 1550. The summed E-state index contributed by atoms with van der Waals surface area (Å²) in [5.41, 5.74) is 4.89. The number of nitrogens with one attached hydrogen (secondary N) is 1. The zero-order valence-electron chi connectivity index (χ0n) is 22.7. The minimum atomic E-state index is -0.426. The quantitative estimate of drug-likeness (QED) is 0.218. The van der Waals surface area contributed by atoms with Crippen molar-refractivity contribution in [3.05, 3.63) is 100 Å². The normalized spacial score (nSPS) is 13.2. The van der Waals surface area contributed by atoms with E-state index in [2.05, 4.69) is 15.3 Å². The summed E-state index contributed by atoms with van der Waals surface area (Å²) in [6.45, 7) is 2.58. The Kier molecular flexibility index (Phi) is 8.50. The van der Waals surface area contributed by atoms with Crippen molar-refractivity contribution in [3.8, 4) is 22.8 Å². The van der Waals surface area contributed by atoms with Crippen molar-refractivity contribution in [2.75, 3.05) is 4.90 Å². The SMILES string of the molecule is Cc1cnc(Cl)nc1-c1ccc(N(Cc2ccc(CNC(=O)C3CCCC3)cc2)C(=O)c2ccc(O)cc2O)cc1. The summed E-state index contributed by atoms with van der Waals surface area (Å²) in [4.78, 5) is 36.0. The molecule has 0 atom stereocenters. The molecule has 8 nitrogen and oxygen atoms in total. The van der Waals surface area contributed by atoms with Crippen molar-refractivity contribution in [2.24, 2.45) is 5.92 Å².